The van der Waals surface area contributed by atoms with Gasteiger partial charge < -0.3 is 14.4 Å². The van der Waals surface area contributed by atoms with Crippen LogP contribution in [-0.4, -0.2) is 9.67 Å². The summed E-state index contributed by atoms with van der Waals surface area (Å²) >= 11 is 0. The Morgan fingerprint density at radius 3 is 2.60 bits per heavy atom. The molecule has 3 nitrogen and oxygen atoms in total. The third-order valence-electron chi connectivity index (χ3n) is 3.53. The highest BCUT2D eigenvalue weighted by Gasteiger charge is 2.09. The fourth-order valence-corrected chi connectivity index (χ4v) is 2.54. The molecule has 0 atom stereocenters. The van der Waals surface area contributed by atoms with Gasteiger partial charge in [-0.05, 0) is 42.8 Å². The summed E-state index contributed by atoms with van der Waals surface area (Å²) < 4.78 is 7.92. The molecule has 0 bridgehead atoms. The minimum absolute atomic E-state index is 0.248. The van der Waals surface area contributed by atoms with E-state index in [4.69, 9.17) is 4.74 Å². The third kappa shape index (κ3) is 2.23. The van der Waals surface area contributed by atoms with E-state index in [-0.39, 0.29) is 5.75 Å². The summed E-state index contributed by atoms with van der Waals surface area (Å²) in [5.41, 5.74) is 3.65. The van der Waals surface area contributed by atoms with E-state index in [2.05, 4.69) is 35.9 Å². The number of fused-ring (bicyclic) bond motifs is 1. The van der Waals surface area contributed by atoms with Crippen molar-refractivity contribution in [3.05, 3.63) is 59.8 Å². The second kappa shape index (κ2) is 4.93. The molecule has 20 heavy (non-hydrogen) atoms. The number of aromatic nitrogens is 1. The summed E-state index contributed by atoms with van der Waals surface area (Å²) in [7, 11) is 2.05. The molecule has 0 spiro atoms. The molecule has 0 unspecified atom stereocenters. The second-order valence-corrected chi connectivity index (χ2v) is 5.02. The van der Waals surface area contributed by atoms with Crippen molar-refractivity contribution < 1.29 is 9.84 Å². The number of aryl methyl sites for hydroxylation is 2. The van der Waals surface area contributed by atoms with E-state index in [0.717, 1.165) is 5.75 Å². The molecular weight excluding hydrogens is 250 g/mol. The van der Waals surface area contributed by atoms with Gasteiger partial charge in [0.15, 0.2) is 0 Å². The molecule has 3 aromatic rings. The molecule has 0 fully saturated rings. The van der Waals surface area contributed by atoms with Crippen LogP contribution < -0.4 is 4.74 Å². The zero-order valence-electron chi connectivity index (χ0n) is 11.6. The predicted octanol–water partition coefficient (Wildman–Crippen LogP) is 3.77. The summed E-state index contributed by atoms with van der Waals surface area (Å²) in [5.74, 6) is 1.01. The van der Waals surface area contributed by atoms with E-state index >= 15 is 0 Å². The lowest BCUT2D eigenvalue weighted by Crippen LogP contribution is -1.94. The van der Waals surface area contributed by atoms with Crippen molar-refractivity contribution in [3.63, 3.8) is 0 Å². The fourth-order valence-electron chi connectivity index (χ4n) is 2.54. The molecule has 0 saturated heterocycles. The van der Waals surface area contributed by atoms with E-state index < -0.39 is 0 Å². The van der Waals surface area contributed by atoms with Crippen molar-refractivity contribution in [1.82, 2.24) is 4.57 Å². The normalized spacial score (nSPS) is 10.9. The minimum atomic E-state index is 0.248. The Hall–Kier alpha value is -2.42. The van der Waals surface area contributed by atoms with E-state index in [1.54, 1.807) is 24.3 Å². The van der Waals surface area contributed by atoms with E-state index in [9.17, 15) is 5.11 Å². The van der Waals surface area contributed by atoms with Gasteiger partial charge in [0.05, 0.1) is 0 Å². The van der Waals surface area contributed by atoms with Crippen LogP contribution in [0, 0.1) is 6.92 Å². The summed E-state index contributed by atoms with van der Waals surface area (Å²) in [4.78, 5) is 0. The number of phenolic OH excluding ortho intramolecular Hbond substituents is 1. The minimum Gasteiger partial charge on any atom is -0.508 e. The molecule has 1 N–H and O–H groups in total. The SMILES string of the molecule is Cc1cccc2c1c(COc1ccc(O)cc1)cn2C. The number of phenols is 1. The van der Waals surface area contributed by atoms with Crippen molar-refractivity contribution in [1.29, 1.82) is 0 Å². The van der Waals surface area contributed by atoms with Gasteiger partial charge >= 0.3 is 0 Å². The predicted molar refractivity (Wildman–Crippen MR) is 80.1 cm³/mol. The van der Waals surface area contributed by atoms with Crippen LogP contribution in [-0.2, 0) is 13.7 Å². The Labute approximate surface area is 118 Å². The fraction of sp³-hybridized carbons (Fsp3) is 0.176. The monoisotopic (exact) mass is 267 g/mol. The van der Waals surface area contributed by atoms with Crippen LogP contribution in [0.25, 0.3) is 10.9 Å². The van der Waals surface area contributed by atoms with Crippen molar-refractivity contribution in [2.45, 2.75) is 13.5 Å². The first-order chi connectivity index (χ1) is 9.65. The zero-order chi connectivity index (χ0) is 14.1. The maximum absolute atomic E-state index is 9.26. The Morgan fingerprint density at radius 2 is 1.85 bits per heavy atom. The maximum atomic E-state index is 9.26. The van der Waals surface area contributed by atoms with Crippen molar-refractivity contribution >= 4 is 10.9 Å². The number of ether oxygens (including phenoxy) is 1. The molecule has 3 heteroatoms. The van der Waals surface area contributed by atoms with Gasteiger partial charge in [0.2, 0.25) is 0 Å². The van der Waals surface area contributed by atoms with Gasteiger partial charge in [0.25, 0.3) is 0 Å². The number of nitrogens with zero attached hydrogens (tertiary/aromatic N) is 1. The molecule has 0 radical (unpaired) electrons. The van der Waals surface area contributed by atoms with Gasteiger partial charge in [-0.1, -0.05) is 12.1 Å². The molecule has 1 aromatic heterocycles. The van der Waals surface area contributed by atoms with Crippen molar-refractivity contribution in [2.24, 2.45) is 7.05 Å². The van der Waals surface area contributed by atoms with Crippen LogP contribution in [0.2, 0.25) is 0 Å². The average molecular weight is 267 g/mol. The highest BCUT2D eigenvalue weighted by Crippen LogP contribution is 2.25. The number of rotatable bonds is 3. The summed E-state index contributed by atoms with van der Waals surface area (Å²) in [6, 6.07) is 13.1. The first kappa shape index (κ1) is 12.6. The van der Waals surface area contributed by atoms with Gasteiger partial charge in [-0.15, -0.1) is 0 Å². The summed E-state index contributed by atoms with van der Waals surface area (Å²) in [6.07, 6.45) is 2.11. The molecule has 3 rings (SSSR count). The first-order valence-electron chi connectivity index (χ1n) is 6.60. The highest BCUT2D eigenvalue weighted by atomic mass is 16.5. The molecule has 1 heterocycles. The van der Waals surface area contributed by atoms with Gasteiger partial charge in [-0.3, -0.25) is 0 Å². The number of hydrogen-bond acceptors (Lipinski definition) is 2. The zero-order valence-corrected chi connectivity index (χ0v) is 11.6. The van der Waals surface area contributed by atoms with Gasteiger partial charge in [0.1, 0.15) is 18.1 Å². The average Bonchev–Trinajstić information content (AvgIpc) is 2.77. The van der Waals surface area contributed by atoms with Crippen LogP contribution in [0.5, 0.6) is 11.5 Å². The summed E-state index contributed by atoms with van der Waals surface area (Å²) in [5, 5.41) is 10.5. The van der Waals surface area contributed by atoms with E-state index in [0.29, 0.717) is 6.61 Å². The van der Waals surface area contributed by atoms with E-state index in [1.165, 1.54) is 22.0 Å². The van der Waals surface area contributed by atoms with Crippen LogP contribution in [0.3, 0.4) is 0 Å². The Bertz CT molecular complexity index is 742. The Kier molecular flexibility index (Phi) is 3.11. The van der Waals surface area contributed by atoms with Crippen LogP contribution in [0.15, 0.2) is 48.7 Å². The number of aromatic hydroxyl groups is 1. The van der Waals surface area contributed by atoms with Gasteiger partial charge in [-0.25, -0.2) is 0 Å². The second-order valence-electron chi connectivity index (χ2n) is 5.02. The largest absolute Gasteiger partial charge is 0.508 e. The van der Waals surface area contributed by atoms with Crippen molar-refractivity contribution in [3.8, 4) is 11.5 Å². The Balaban J connectivity index is 1.89. The highest BCUT2D eigenvalue weighted by molar-refractivity contribution is 5.87. The van der Waals surface area contributed by atoms with Crippen LogP contribution >= 0.6 is 0 Å². The quantitative estimate of drug-likeness (QED) is 0.783. The number of benzene rings is 2. The Morgan fingerprint density at radius 1 is 1.10 bits per heavy atom. The molecule has 0 saturated carbocycles. The molecule has 0 aliphatic rings. The lowest BCUT2D eigenvalue weighted by molar-refractivity contribution is 0.307. The lowest BCUT2D eigenvalue weighted by Gasteiger charge is -2.06. The molecule has 0 amide bonds. The lowest BCUT2D eigenvalue weighted by atomic mass is 10.1. The van der Waals surface area contributed by atoms with E-state index in [1.807, 2.05) is 7.05 Å². The van der Waals surface area contributed by atoms with Gasteiger partial charge in [-0.2, -0.15) is 0 Å². The molecule has 0 aliphatic heterocycles. The standard InChI is InChI=1S/C17H17NO2/c1-12-4-3-5-16-17(12)13(10-18(16)2)11-20-15-8-6-14(19)7-9-15/h3-10,19H,11H2,1-2H3. The molecular formula is C17H17NO2. The van der Waals surface area contributed by atoms with Crippen LogP contribution in [0.4, 0.5) is 0 Å². The molecule has 0 aliphatic carbocycles. The van der Waals surface area contributed by atoms with Crippen molar-refractivity contribution in [2.75, 3.05) is 0 Å². The first-order valence-corrected chi connectivity index (χ1v) is 6.60. The van der Waals surface area contributed by atoms with Gasteiger partial charge in [0, 0.05) is 29.7 Å². The topological polar surface area (TPSA) is 34.4 Å². The maximum Gasteiger partial charge on any atom is 0.120 e. The number of hydrogen-bond donors (Lipinski definition) is 1. The molecule has 2 aromatic carbocycles. The molecule has 102 valence electrons. The smallest absolute Gasteiger partial charge is 0.120 e. The third-order valence-corrected chi connectivity index (χ3v) is 3.53. The summed E-state index contributed by atoms with van der Waals surface area (Å²) in [6.45, 7) is 2.64. The van der Waals surface area contributed by atoms with Crippen LogP contribution in [0.1, 0.15) is 11.1 Å².